The van der Waals surface area contributed by atoms with E-state index in [0.717, 1.165) is 0 Å². The zero-order valence-electron chi connectivity index (χ0n) is 11.9. The number of thiophene rings is 1. The summed E-state index contributed by atoms with van der Waals surface area (Å²) in [5.74, 6) is 5.99. The molecule has 106 valence electrons. The molecule has 0 bridgehead atoms. The van der Waals surface area contributed by atoms with Crippen molar-refractivity contribution < 1.29 is 0 Å². The first kappa shape index (κ1) is 13.8. The SMILES string of the molecule is Cc1ccsc1C(NN)C1(c2ccccc2)CCCC1. The second kappa shape index (κ2) is 5.68. The van der Waals surface area contributed by atoms with Gasteiger partial charge in [-0.05, 0) is 42.3 Å². The van der Waals surface area contributed by atoms with E-state index >= 15 is 0 Å². The van der Waals surface area contributed by atoms with Gasteiger partial charge in [-0.2, -0.15) is 0 Å². The van der Waals surface area contributed by atoms with E-state index in [1.54, 1.807) is 0 Å². The Morgan fingerprint density at radius 2 is 1.85 bits per heavy atom. The highest BCUT2D eigenvalue weighted by atomic mass is 32.1. The zero-order chi connectivity index (χ0) is 14.0. The molecule has 0 radical (unpaired) electrons. The van der Waals surface area contributed by atoms with Crippen LogP contribution in [0.5, 0.6) is 0 Å². The standard InChI is InChI=1S/C17H22N2S/c1-13-9-12-20-15(13)16(19-18)17(10-5-6-11-17)14-7-3-2-4-8-14/h2-4,7-9,12,16,19H,5-6,10-11,18H2,1H3. The van der Waals surface area contributed by atoms with E-state index in [9.17, 15) is 0 Å². The molecule has 3 N–H and O–H groups in total. The van der Waals surface area contributed by atoms with Crippen LogP contribution >= 0.6 is 11.3 Å². The lowest BCUT2D eigenvalue weighted by atomic mass is 9.72. The average molecular weight is 286 g/mol. The lowest BCUT2D eigenvalue weighted by Gasteiger charge is -2.38. The summed E-state index contributed by atoms with van der Waals surface area (Å²) < 4.78 is 0. The summed E-state index contributed by atoms with van der Waals surface area (Å²) in [5.41, 5.74) is 6.05. The number of hydrogen-bond donors (Lipinski definition) is 2. The quantitative estimate of drug-likeness (QED) is 0.656. The van der Waals surface area contributed by atoms with Gasteiger partial charge >= 0.3 is 0 Å². The van der Waals surface area contributed by atoms with Crippen LogP contribution < -0.4 is 11.3 Å². The van der Waals surface area contributed by atoms with Crippen LogP contribution in [0.15, 0.2) is 41.8 Å². The molecule has 1 unspecified atom stereocenters. The van der Waals surface area contributed by atoms with E-state index in [0.29, 0.717) is 0 Å². The van der Waals surface area contributed by atoms with Crippen LogP contribution in [0.1, 0.15) is 47.7 Å². The molecule has 1 aromatic carbocycles. The molecule has 1 heterocycles. The lowest BCUT2D eigenvalue weighted by Crippen LogP contribution is -2.43. The first-order valence-electron chi connectivity index (χ1n) is 7.33. The lowest BCUT2D eigenvalue weighted by molar-refractivity contribution is 0.307. The third kappa shape index (κ3) is 2.20. The van der Waals surface area contributed by atoms with E-state index in [4.69, 9.17) is 5.84 Å². The fourth-order valence-corrected chi connectivity index (χ4v) is 4.79. The molecule has 1 atom stereocenters. The van der Waals surface area contributed by atoms with Crippen molar-refractivity contribution in [2.24, 2.45) is 5.84 Å². The number of aryl methyl sites for hydroxylation is 1. The van der Waals surface area contributed by atoms with Crippen LogP contribution in [-0.2, 0) is 5.41 Å². The van der Waals surface area contributed by atoms with E-state index in [1.165, 1.54) is 41.7 Å². The number of benzene rings is 1. The summed E-state index contributed by atoms with van der Waals surface area (Å²) in [6, 6.07) is 13.3. The molecule has 2 nitrogen and oxygen atoms in total. The predicted octanol–water partition coefficient (Wildman–Crippen LogP) is 4.07. The highest BCUT2D eigenvalue weighted by molar-refractivity contribution is 7.10. The predicted molar refractivity (Wildman–Crippen MR) is 85.7 cm³/mol. The fraction of sp³-hybridized carbons (Fsp3) is 0.412. The highest BCUT2D eigenvalue weighted by Gasteiger charge is 2.43. The smallest absolute Gasteiger partial charge is 0.0652 e. The maximum Gasteiger partial charge on any atom is 0.0652 e. The van der Waals surface area contributed by atoms with Crippen LogP contribution in [0, 0.1) is 6.92 Å². The van der Waals surface area contributed by atoms with Crippen molar-refractivity contribution in [1.29, 1.82) is 0 Å². The number of nitrogens with one attached hydrogen (secondary N) is 1. The van der Waals surface area contributed by atoms with E-state index in [2.05, 4.69) is 54.1 Å². The monoisotopic (exact) mass is 286 g/mol. The van der Waals surface area contributed by atoms with Crippen LogP contribution in [0.4, 0.5) is 0 Å². The summed E-state index contributed by atoms with van der Waals surface area (Å²) in [5, 5.41) is 2.17. The molecule has 0 spiro atoms. The number of hydrogen-bond acceptors (Lipinski definition) is 3. The molecule has 1 aliphatic carbocycles. The van der Waals surface area contributed by atoms with E-state index in [-0.39, 0.29) is 11.5 Å². The third-order valence-electron chi connectivity index (χ3n) is 4.73. The molecule has 0 aliphatic heterocycles. The van der Waals surface area contributed by atoms with Crippen molar-refractivity contribution in [3.05, 3.63) is 57.8 Å². The van der Waals surface area contributed by atoms with Crippen molar-refractivity contribution in [3.63, 3.8) is 0 Å². The second-order valence-corrected chi connectivity index (χ2v) is 6.74. The Hall–Kier alpha value is -1.16. The minimum Gasteiger partial charge on any atom is -0.271 e. The Bertz CT molecular complexity index is 555. The van der Waals surface area contributed by atoms with Crippen molar-refractivity contribution in [2.75, 3.05) is 0 Å². The Morgan fingerprint density at radius 1 is 1.15 bits per heavy atom. The molecule has 20 heavy (non-hydrogen) atoms. The molecule has 1 saturated carbocycles. The summed E-state index contributed by atoms with van der Waals surface area (Å²) in [4.78, 5) is 1.39. The van der Waals surface area contributed by atoms with Gasteiger partial charge in [0.25, 0.3) is 0 Å². The maximum absolute atomic E-state index is 5.99. The van der Waals surface area contributed by atoms with E-state index in [1.807, 2.05) is 11.3 Å². The normalized spacial score (nSPS) is 19.1. The van der Waals surface area contributed by atoms with Crippen LogP contribution in [-0.4, -0.2) is 0 Å². The first-order chi connectivity index (χ1) is 9.78. The second-order valence-electron chi connectivity index (χ2n) is 5.80. The molecule has 3 heteroatoms. The van der Waals surface area contributed by atoms with Crippen molar-refractivity contribution in [2.45, 2.75) is 44.1 Å². The van der Waals surface area contributed by atoms with Gasteiger partial charge in [-0.3, -0.25) is 11.3 Å². The molecule has 1 fully saturated rings. The summed E-state index contributed by atoms with van der Waals surface area (Å²) in [7, 11) is 0. The zero-order valence-corrected chi connectivity index (χ0v) is 12.7. The van der Waals surface area contributed by atoms with Gasteiger partial charge in [-0.15, -0.1) is 11.3 Å². The average Bonchev–Trinajstić information content (AvgIpc) is 3.12. The van der Waals surface area contributed by atoms with E-state index < -0.39 is 0 Å². The van der Waals surface area contributed by atoms with Gasteiger partial charge in [-0.1, -0.05) is 43.2 Å². The molecule has 1 aromatic heterocycles. The number of rotatable bonds is 4. The van der Waals surface area contributed by atoms with Crippen LogP contribution in [0.3, 0.4) is 0 Å². The van der Waals surface area contributed by atoms with Gasteiger partial charge in [0, 0.05) is 10.3 Å². The Labute approximate surface area is 125 Å². The van der Waals surface area contributed by atoms with Gasteiger partial charge in [0.05, 0.1) is 6.04 Å². The van der Waals surface area contributed by atoms with Crippen molar-refractivity contribution >= 4 is 11.3 Å². The van der Waals surface area contributed by atoms with Gasteiger partial charge < -0.3 is 0 Å². The largest absolute Gasteiger partial charge is 0.271 e. The molecule has 2 aromatic rings. The van der Waals surface area contributed by atoms with Crippen LogP contribution in [0.25, 0.3) is 0 Å². The summed E-state index contributed by atoms with van der Waals surface area (Å²) in [6.45, 7) is 2.18. The topological polar surface area (TPSA) is 38.0 Å². The third-order valence-corrected chi connectivity index (χ3v) is 5.81. The molecule has 0 saturated heterocycles. The highest BCUT2D eigenvalue weighted by Crippen LogP contribution is 2.50. The van der Waals surface area contributed by atoms with Crippen LogP contribution in [0.2, 0.25) is 0 Å². The first-order valence-corrected chi connectivity index (χ1v) is 8.21. The maximum atomic E-state index is 5.99. The van der Waals surface area contributed by atoms with Gasteiger partial charge in [0.15, 0.2) is 0 Å². The van der Waals surface area contributed by atoms with Gasteiger partial charge in [-0.25, -0.2) is 0 Å². The molecular formula is C17H22N2S. The number of nitrogens with two attached hydrogens (primary N) is 1. The minimum atomic E-state index is 0.144. The van der Waals surface area contributed by atoms with Crippen molar-refractivity contribution in [3.8, 4) is 0 Å². The Kier molecular flexibility index (Phi) is 3.92. The molecular weight excluding hydrogens is 264 g/mol. The number of hydrazine groups is 1. The van der Waals surface area contributed by atoms with Gasteiger partial charge in [0.2, 0.25) is 0 Å². The summed E-state index contributed by atoms with van der Waals surface area (Å²) >= 11 is 1.82. The minimum absolute atomic E-state index is 0.144. The summed E-state index contributed by atoms with van der Waals surface area (Å²) in [6.07, 6.45) is 5.00. The Morgan fingerprint density at radius 3 is 2.40 bits per heavy atom. The molecule has 1 aliphatic rings. The molecule has 0 amide bonds. The van der Waals surface area contributed by atoms with Crippen molar-refractivity contribution in [1.82, 2.24) is 5.43 Å². The van der Waals surface area contributed by atoms with Gasteiger partial charge in [0.1, 0.15) is 0 Å². The fourth-order valence-electron chi connectivity index (χ4n) is 3.69. The Balaban J connectivity index is 2.08. The molecule has 3 rings (SSSR count).